The summed E-state index contributed by atoms with van der Waals surface area (Å²) < 4.78 is 11.2. The van der Waals surface area contributed by atoms with E-state index < -0.39 is 0 Å². The maximum atomic E-state index is 10.4. The number of carbonyl (C=O) groups excluding carboxylic acids is 1. The Hall–Kier alpha value is -0.410. The molecule has 1 saturated carbocycles. The third kappa shape index (κ3) is 1.17. The van der Waals surface area contributed by atoms with Gasteiger partial charge in [-0.25, -0.2) is 0 Å². The number of hydrogen-bond donors (Lipinski definition) is 0. The molecule has 68 valence electrons. The molecule has 1 aliphatic carbocycles. The second-order valence-electron chi connectivity index (χ2n) is 3.50. The largest absolute Gasteiger partial charge is 0.347 e. The molecule has 2 aliphatic rings. The zero-order valence-electron chi connectivity index (χ0n) is 7.12. The van der Waals surface area contributed by atoms with Crippen LogP contribution in [0.1, 0.15) is 25.7 Å². The average Bonchev–Trinajstić information content (AvgIpc) is 2.66. The van der Waals surface area contributed by atoms with Gasteiger partial charge in [0, 0.05) is 18.8 Å². The Morgan fingerprint density at radius 2 is 2.17 bits per heavy atom. The highest BCUT2D eigenvalue weighted by atomic mass is 16.7. The van der Waals surface area contributed by atoms with Gasteiger partial charge in [-0.05, 0) is 12.8 Å². The second-order valence-corrected chi connectivity index (χ2v) is 3.50. The molecule has 0 radical (unpaired) electrons. The van der Waals surface area contributed by atoms with E-state index in [1.165, 1.54) is 0 Å². The van der Waals surface area contributed by atoms with Crippen molar-refractivity contribution in [3.63, 3.8) is 0 Å². The van der Waals surface area contributed by atoms with Crippen molar-refractivity contribution < 1.29 is 14.3 Å². The molecule has 1 heterocycles. The standard InChI is InChI=1S/C9H14O3/c10-5-3-8-2-1-4-9(8)11-6-7-12-9/h5,8H,1-4,6-7H2/t8-/m0/s1. The molecule has 0 aromatic carbocycles. The van der Waals surface area contributed by atoms with Gasteiger partial charge in [-0.15, -0.1) is 0 Å². The van der Waals surface area contributed by atoms with Gasteiger partial charge in [-0.1, -0.05) is 0 Å². The van der Waals surface area contributed by atoms with Crippen LogP contribution < -0.4 is 0 Å². The highest BCUT2D eigenvalue weighted by Gasteiger charge is 2.47. The minimum absolute atomic E-state index is 0.303. The van der Waals surface area contributed by atoms with Crippen LogP contribution in [0.15, 0.2) is 0 Å². The van der Waals surface area contributed by atoms with Gasteiger partial charge in [-0.3, -0.25) is 0 Å². The Bertz CT molecular complexity index is 167. The Balaban J connectivity index is 2.06. The maximum Gasteiger partial charge on any atom is 0.171 e. The van der Waals surface area contributed by atoms with Gasteiger partial charge in [0.1, 0.15) is 6.29 Å². The van der Waals surface area contributed by atoms with Crippen molar-refractivity contribution in [1.29, 1.82) is 0 Å². The van der Waals surface area contributed by atoms with Crippen LogP contribution in [0.5, 0.6) is 0 Å². The number of hydrogen-bond acceptors (Lipinski definition) is 3. The van der Waals surface area contributed by atoms with Crippen LogP contribution in [0.3, 0.4) is 0 Å². The van der Waals surface area contributed by atoms with Crippen LogP contribution in [0.25, 0.3) is 0 Å². The summed E-state index contributed by atoms with van der Waals surface area (Å²) in [6.07, 6.45) is 4.71. The molecule has 2 fully saturated rings. The summed E-state index contributed by atoms with van der Waals surface area (Å²) >= 11 is 0. The summed E-state index contributed by atoms with van der Waals surface area (Å²) in [6.45, 7) is 1.38. The molecule has 0 amide bonds. The average molecular weight is 170 g/mol. The lowest BCUT2D eigenvalue weighted by Crippen LogP contribution is -2.34. The molecule has 1 saturated heterocycles. The van der Waals surface area contributed by atoms with E-state index in [2.05, 4.69) is 0 Å². The fourth-order valence-electron chi connectivity index (χ4n) is 2.28. The predicted molar refractivity (Wildman–Crippen MR) is 42.7 cm³/mol. The van der Waals surface area contributed by atoms with E-state index in [0.717, 1.165) is 25.5 Å². The molecule has 3 heteroatoms. The van der Waals surface area contributed by atoms with Crippen LogP contribution in [0, 0.1) is 5.92 Å². The van der Waals surface area contributed by atoms with E-state index in [1.54, 1.807) is 0 Å². The Morgan fingerprint density at radius 3 is 2.83 bits per heavy atom. The Labute approximate surface area is 72.0 Å². The van der Waals surface area contributed by atoms with E-state index in [4.69, 9.17) is 9.47 Å². The quantitative estimate of drug-likeness (QED) is 0.582. The van der Waals surface area contributed by atoms with E-state index >= 15 is 0 Å². The predicted octanol–water partition coefficient (Wildman–Crippen LogP) is 1.12. The van der Waals surface area contributed by atoms with Gasteiger partial charge >= 0.3 is 0 Å². The fourth-order valence-corrected chi connectivity index (χ4v) is 2.28. The number of aldehydes is 1. The lowest BCUT2D eigenvalue weighted by Gasteiger charge is -2.27. The van der Waals surface area contributed by atoms with Crippen molar-refractivity contribution in [2.24, 2.45) is 5.92 Å². The highest BCUT2D eigenvalue weighted by Crippen LogP contribution is 2.43. The molecule has 0 N–H and O–H groups in total. The normalized spacial score (nSPS) is 32.8. The highest BCUT2D eigenvalue weighted by molar-refractivity contribution is 5.50. The van der Waals surface area contributed by atoms with Crippen LogP contribution >= 0.6 is 0 Å². The van der Waals surface area contributed by atoms with E-state index in [9.17, 15) is 4.79 Å². The molecule has 0 aromatic rings. The second kappa shape index (κ2) is 3.15. The van der Waals surface area contributed by atoms with Gasteiger partial charge in [0.15, 0.2) is 5.79 Å². The van der Waals surface area contributed by atoms with E-state index in [0.29, 0.717) is 25.6 Å². The summed E-state index contributed by atoms with van der Waals surface area (Å²) in [7, 11) is 0. The first-order valence-electron chi connectivity index (χ1n) is 4.59. The SMILES string of the molecule is O=CC[C@@H]1CCCC12OCCO2. The molecule has 1 aliphatic heterocycles. The van der Waals surface area contributed by atoms with Gasteiger partial charge in [0.05, 0.1) is 13.2 Å². The van der Waals surface area contributed by atoms with Crippen LogP contribution in [0.2, 0.25) is 0 Å². The van der Waals surface area contributed by atoms with Crippen molar-refractivity contribution in [3.05, 3.63) is 0 Å². The molecule has 1 atom stereocenters. The summed E-state index contributed by atoms with van der Waals surface area (Å²) in [4.78, 5) is 10.4. The Kier molecular flexibility index (Phi) is 2.15. The minimum Gasteiger partial charge on any atom is -0.347 e. The maximum absolute atomic E-state index is 10.4. The topological polar surface area (TPSA) is 35.5 Å². The van der Waals surface area contributed by atoms with Crippen molar-refractivity contribution in [2.45, 2.75) is 31.5 Å². The zero-order chi connectivity index (χ0) is 8.44. The first-order valence-corrected chi connectivity index (χ1v) is 4.59. The molecule has 0 bridgehead atoms. The summed E-state index contributed by atoms with van der Waals surface area (Å²) in [6, 6.07) is 0. The molecule has 12 heavy (non-hydrogen) atoms. The lowest BCUT2D eigenvalue weighted by molar-refractivity contribution is -0.182. The molecule has 2 rings (SSSR count). The minimum atomic E-state index is -0.374. The summed E-state index contributed by atoms with van der Waals surface area (Å²) in [5, 5.41) is 0. The third-order valence-corrected chi connectivity index (χ3v) is 2.86. The fraction of sp³-hybridized carbons (Fsp3) is 0.889. The van der Waals surface area contributed by atoms with Gasteiger partial charge < -0.3 is 14.3 Å². The van der Waals surface area contributed by atoms with Crippen LogP contribution in [-0.2, 0) is 14.3 Å². The zero-order valence-corrected chi connectivity index (χ0v) is 7.12. The van der Waals surface area contributed by atoms with Crippen molar-refractivity contribution >= 4 is 6.29 Å². The molecule has 0 unspecified atom stereocenters. The van der Waals surface area contributed by atoms with Gasteiger partial charge in [0.25, 0.3) is 0 Å². The number of carbonyl (C=O) groups is 1. The molecular weight excluding hydrogens is 156 g/mol. The number of ether oxygens (including phenoxy) is 2. The molecule has 3 nitrogen and oxygen atoms in total. The van der Waals surface area contributed by atoms with Crippen molar-refractivity contribution in [2.75, 3.05) is 13.2 Å². The number of rotatable bonds is 2. The van der Waals surface area contributed by atoms with Gasteiger partial charge in [-0.2, -0.15) is 0 Å². The summed E-state index contributed by atoms with van der Waals surface area (Å²) in [5.74, 6) is -0.0709. The molecular formula is C9H14O3. The molecule has 0 aromatic heterocycles. The first kappa shape index (κ1) is 8.20. The van der Waals surface area contributed by atoms with Gasteiger partial charge in [0.2, 0.25) is 0 Å². The monoisotopic (exact) mass is 170 g/mol. The van der Waals surface area contributed by atoms with Crippen molar-refractivity contribution in [3.8, 4) is 0 Å². The van der Waals surface area contributed by atoms with Crippen LogP contribution in [-0.4, -0.2) is 25.3 Å². The smallest absolute Gasteiger partial charge is 0.171 e. The lowest BCUT2D eigenvalue weighted by atomic mass is 9.99. The Morgan fingerprint density at radius 1 is 1.42 bits per heavy atom. The first-order chi connectivity index (χ1) is 5.87. The summed E-state index contributed by atoms with van der Waals surface area (Å²) in [5.41, 5.74) is 0. The van der Waals surface area contributed by atoms with E-state index in [-0.39, 0.29) is 5.79 Å². The van der Waals surface area contributed by atoms with E-state index in [1.807, 2.05) is 0 Å². The molecule has 1 spiro atoms. The van der Waals surface area contributed by atoms with Crippen molar-refractivity contribution in [1.82, 2.24) is 0 Å². The van der Waals surface area contributed by atoms with Crippen LogP contribution in [0.4, 0.5) is 0 Å². The third-order valence-electron chi connectivity index (χ3n) is 2.86.